The van der Waals surface area contributed by atoms with Gasteiger partial charge >= 0.3 is 0 Å². The Balaban J connectivity index is 2.57. The molecule has 0 bridgehead atoms. The number of nitrogens with two attached hydrogens (primary N) is 1. The first kappa shape index (κ1) is 12.7. The number of aromatic nitrogens is 2. The van der Waals surface area contributed by atoms with Crippen LogP contribution in [0.5, 0.6) is 0 Å². The van der Waals surface area contributed by atoms with E-state index in [0.29, 0.717) is 11.7 Å². The van der Waals surface area contributed by atoms with Crippen LogP contribution in [0.4, 0.5) is 5.82 Å². The van der Waals surface area contributed by atoms with E-state index in [9.17, 15) is 0 Å². The van der Waals surface area contributed by atoms with E-state index in [1.807, 2.05) is 13.8 Å². The van der Waals surface area contributed by atoms with Gasteiger partial charge in [-0.1, -0.05) is 13.8 Å². The second-order valence-electron chi connectivity index (χ2n) is 5.27. The van der Waals surface area contributed by atoms with Gasteiger partial charge in [0.15, 0.2) is 0 Å². The van der Waals surface area contributed by atoms with Gasteiger partial charge in [0.25, 0.3) is 0 Å². The summed E-state index contributed by atoms with van der Waals surface area (Å²) in [7, 11) is 0. The van der Waals surface area contributed by atoms with Gasteiger partial charge in [-0.3, -0.25) is 5.10 Å². The summed E-state index contributed by atoms with van der Waals surface area (Å²) in [5.74, 6) is 3.00. The average molecular weight is 247 g/mol. The van der Waals surface area contributed by atoms with Gasteiger partial charge in [0.1, 0.15) is 17.3 Å². The number of aryl methyl sites for hydroxylation is 2. The lowest BCUT2D eigenvalue weighted by molar-refractivity contribution is 0.503. The van der Waals surface area contributed by atoms with E-state index < -0.39 is 0 Å². The fourth-order valence-electron chi connectivity index (χ4n) is 2.36. The van der Waals surface area contributed by atoms with Gasteiger partial charge in [0, 0.05) is 11.1 Å². The number of anilines is 1. The molecule has 0 fully saturated rings. The third-order valence-corrected chi connectivity index (χ3v) is 3.32. The van der Waals surface area contributed by atoms with Crippen LogP contribution in [-0.4, -0.2) is 10.2 Å². The van der Waals surface area contributed by atoms with Crippen molar-refractivity contribution in [2.45, 2.75) is 41.0 Å². The molecule has 3 N–H and O–H groups in total. The second-order valence-corrected chi connectivity index (χ2v) is 5.27. The lowest BCUT2D eigenvalue weighted by Gasteiger charge is -2.07. The molecular formula is C14H21N3O. The molecule has 0 radical (unpaired) electrons. The summed E-state index contributed by atoms with van der Waals surface area (Å²) in [4.78, 5) is 0. The highest BCUT2D eigenvalue weighted by molar-refractivity contribution is 5.73. The van der Waals surface area contributed by atoms with Crippen molar-refractivity contribution in [2.75, 3.05) is 5.73 Å². The van der Waals surface area contributed by atoms with Crippen molar-refractivity contribution in [1.82, 2.24) is 10.2 Å². The minimum absolute atomic E-state index is 0.539. The maximum Gasteiger partial charge on any atom is 0.149 e. The van der Waals surface area contributed by atoms with E-state index in [2.05, 4.69) is 31.0 Å². The predicted molar refractivity (Wildman–Crippen MR) is 73.5 cm³/mol. The van der Waals surface area contributed by atoms with Crippen molar-refractivity contribution >= 4 is 5.82 Å². The van der Waals surface area contributed by atoms with Crippen LogP contribution in [0.1, 0.15) is 36.5 Å². The molecule has 0 atom stereocenters. The molecular weight excluding hydrogens is 226 g/mol. The van der Waals surface area contributed by atoms with Crippen molar-refractivity contribution in [3.8, 4) is 11.3 Å². The zero-order valence-corrected chi connectivity index (χ0v) is 11.7. The molecule has 4 nitrogen and oxygen atoms in total. The Kier molecular flexibility index (Phi) is 3.20. The number of aromatic amines is 1. The molecule has 0 amide bonds. The number of nitrogens with one attached hydrogen (secondary N) is 1. The molecule has 0 saturated heterocycles. The summed E-state index contributed by atoms with van der Waals surface area (Å²) < 4.78 is 5.68. The molecule has 0 aliphatic heterocycles. The molecule has 2 heterocycles. The zero-order chi connectivity index (χ0) is 13.4. The van der Waals surface area contributed by atoms with Crippen LogP contribution in [0.15, 0.2) is 4.42 Å². The van der Waals surface area contributed by atoms with Gasteiger partial charge in [0.05, 0.1) is 5.69 Å². The smallest absolute Gasteiger partial charge is 0.149 e. The van der Waals surface area contributed by atoms with Crippen LogP contribution in [0, 0.1) is 26.7 Å². The average Bonchev–Trinajstić information content (AvgIpc) is 2.71. The van der Waals surface area contributed by atoms with Gasteiger partial charge in [-0.25, -0.2) is 0 Å². The number of nitrogen functional groups attached to an aromatic ring is 1. The normalized spacial score (nSPS) is 11.4. The van der Waals surface area contributed by atoms with E-state index in [0.717, 1.165) is 40.3 Å². The molecule has 2 aromatic heterocycles. The first-order chi connectivity index (χ1) is 8.41. The van der Waals surface area contributed by atoms with Crippen molar-refractivity contribution in [2.24, 2.45) is 5.92 Å². The van der Waals surface area contributed by atoms with E-state index in [1.165, 1.54) is 0 Å². The first-order valence-electron chi connectivity index (χ1n) is 6.31. The number of furan rings is 1. The van der Waals surface area contributed by atoms with Crippen LogP contribution >= 0.6 is 0 Å². The lowest BCUT2D eigenvalue weighted by Crippen LogP contribution is -1.99. The van der Waals surface area contributed by atoms with Gasteiger partial charge in [-0.05, 0) is 38.7 Å². The highest BCUT2D eigenvalue weighted by Crippen LogP contribution is 2.35. The minimum Gasteiger partial charge on any atom is -0.466 e. The van der Waals surface area contributed by atoms with Crippen LogP contribution in [-0.2, 0) is 6.42 Å². The predicted octanol–water partition coefficient (Wildman–Crippen LogP) is 3.38. The summed E-state index contributed by atoms with van der Waals surface area (Å²) in [5.41, 5.74) is 10.3. The maximum atomic E-state index is 5.96. The van der Waals surface area contributed by atoms with Gasteiger partial charge in [-0.2, -0.15) is 5.10 Å². The summed E-state index contributed by atoms with van der Waals surface area (Å²) in [6.45, 7) is 10.4. The molecule has 0 aliphatic rings. The van der Waals surface area contributed by atoms with Crippen molar-refractivity contribution < 1.29 is 4.42 Å². The maximum absolute atomic E-state index is 5.96. The lowest BCUT2D eigenvalue weighted by atomic mass is 9.97. The van der Waals surface area contributed by atoms with E-state index in [-0.39, 0.29) is 0 Å². The summed E-state index contributed by atoms with van der Waals surface area (Å²) in [6.07, 6.45) is 0.917. The minimum atomic E-state index is 0.539. The Hall–Kier alpha value is -1.71. The van der Waals surface area contributed by atoms with Crippen molar-refractivity contribution in [3.05, 3.63) is 22.6 Å². The summed E-state index contributed by atoms with van der Waals surface area (Å²) in [5, 5.41) is 7.20. The molecule has 0 spiro atoms. The number of rotatable bonds is 3. The highest BCUT2D eigenvalue weighted by atomic mass is 16.3. The van der Waals surface area contributed by atoms with E-state index >= 15 is 0 Å². The van der Waals surface area contributed by atoms with Gasteiger partial charge < -0.3 is 10.2 Å². The standard InChI is InChI=1S/C14H21N3O/c1-7(2)6-11-13(16-17-14(11)15)12-8(3)9(4)18-10(12)5/h7H,6H2,1-5H3,(H3,15,16,17). The topological polar surface area (TPSA) is 67.8 Å². The van der Waals surface area contributed by atoms with Crippen LogP contribution in [0.3, 0.4) is 0 Å². The van der Waals surface area contributed by atoms with Crippen LogP contribution in [0.25, 0.3) is 11.3 Å². The zero-order valence-electron chi connectivity index (χ0n) is 11.7. The highest BCUT2D eigenvalue weighted by Gasteiger charge is 2.20. The number of nitrogens with zero attached hydrogens (tertiary/aromatic N) is 1. The molecule has 2 aromatic rings. The van der Waals surface area contributed by atoms with Crippen molar-refractivity contribution in [1.29, 1.82) is 0 Å². The molecule has 2 rings (SSSR count). The SMILES string of the molecule is Cc1oc(C)c(-c2[nH]nc(N)c2CC(C)C)c1C. The van der Waals surface area contributed by atoms with Crippen LogP contribution in [0.2, 0.25) is 0 Å². The molecule has 98 valence electrons. The summed E-state index contributed by atoms with van der Waals surface area (Å²) in [6, 6.07) is 0. The molecule has 4 heteroatoms. The van der Waals surface area contributed by atoms with Gasteiger partial charge in [-0.15, -0.1) is 0 Å². The Labute approximate surface area is 108 Å². The Morgan fingerprint density at radius 1 is 1.22 bits per heavy atom. The number of H-pyrrole nitrogens is 1. The number of hydrogen-bond acceptors (Lipinski definition) is 3. The quantitative estimate of drug-likeness (QED) is 0.873. The Morgan fingerprint density at radius 2 is 1.89 bits per heavy atom. The molecule has 0 saturated carbocycles. The third-order valence-electron chi connectivity index (χ3n) is 3.32. The number of hydrogen-bond donors (Lipinski definition) is 2. The van der Waals surface area contributed by atoms with E-state index in [4.69, 9.17) is 10.2 Å². The first-order valence-corrected chi connectivity index (χ1v) is 6.31. The molecule has 18 heavy (non-hydrogen) atoms. The molecule has 0 aliphatic carbocycles. The van der Waals surface area contributed by atoms with Gasteiger partial charge in [0.2, 0.25) is 0 Å². The van der Waals surface area contributed by atoms with E-state index in [1.54, 1.807) is 0 Å². The van der Waals surface area contributed by atoms with Crippen molar-refractivity contribution in [3.63, 3.8) is 0 Å². The molecule has 0 unspecified atom stereocenters. The summed E-state index contributed by atoms with van der Waals surface area (Å²) >= 11 is 0. The monoisotopic (exact) mass is 247 g/mol. The Bertz CT molecular complexity index is 564. The largest absolute Gasteiger partial charge is 0.466 e. The fourth-order valence-corrected chi connectivity index (χ4v) is 2.36. The van der Waals surface area contributed by atoms with Crippen LogP contribution < -0.4 is 5.73 Å². The third kappa shape index (κ3) is 2.03. The Morgan fingerprint density at radius 3 is 2.39 bits per heavy atom. The second kappa shape index (κ2) is 4.52. The molecule has 0 aromatic carbocycles. The fraction of sp³-hybridized carbons (Fsp3) is 0.500.